The van der Waals surface area contributed by atoms with E-state index in [9.17, 15) is 9.90 Å². The number of rotatable bonds is 3. The Morgan fingerprint density at radius 2 is 1.77 bits per heavy atom. The van der Waals surface area contributed by atoms with Gasteiger partial charge >= 0.3 is 0 Å². The quantitative estimate of drug-likeness (QED) is 0.569. The van der Waals surface area contributed by atoms with Crippen molar-refractivity contribution >= 4 is 40.5 Å². The summed E-state index contributed by atoms with van der Waals surface area (Å²) < 4.78 is 5.43. The lowest BCUT2D eigenvalue weighted by Gasteiger charge is -2.29. The molecule has 0 radical (unpaired) electrons. The summed E-state index contributed by atoms with van der Waals surface area (Å²) in [5, 5.41) is 13.2. The van der Waals surface area contributed by atoms with Crippen molar-refractivity contribution < 1.29 is 14.6 Å². The molecule has 0 aliphatic carbocycles. The van der Waals surface area contributed by atoms with Gasteiger partial charge in [-0.15, -0.1) is 0 Å². The summed E-state index contributed by atoms with van der Waals surface area (Å²) in [6.45, 7) is 3.26. The van der Waals surface area contributed by atoms with Crippen LogP contribution < -0.4 is 10.2 Å². The van der Waals surface area contributed by atoms with E-state index in [1.54, 1.807) is 30.3 Å². The summed E-state index contributed by atoms with van der Waals surface area (Å²) in [7, 11) is 0. The molecule has 31 heavy (non-hydrogen) atoms. The molecule has 5 rings (SSSR count). The van der Waals surface area contributed by atoms with Crippen LogP contribution in [0.25, 0.3) is 22.8 Å². The molecule has 2 N–H and O–H groups in total. The van der Waals surface area contributed by atoms with Crippen LogP contribution in [0, 0.1) is 0 Å². The van der Waals surface area contributed by atoms with Crippen molar-refractivity contribution in [2.24, 2.45) is 0 Å². The molecule has 1 saturated heterocycles. The van der Waals surface area contributed by atoms with Crippen molar-refractivity contribution in [3.63, 3.8) is 0 Å². The van der Waals surface area contributed by atoms with E-state index >= 15 is 0 Å². The number of phenolic OH excluding ortho intramolecular Hbond substituents is 1. The molecule has 0 bridgehead atoms. The number of carbonyl (C=O) groups is 1. The van der Waals surface area contributed by atoms with Crippen LogP contribution >= 0.6 is 11.6 Å². The first-order valence-corrected chi connectivity index (χ1v) is 10.6. The Balaban J connectivity index is 1.51. The fourth-order valence-corrected chi connectivity index (χ4v) is 4.30. The van der Waals surface area contributed by atoms with Gasteiger partial charge in [-0.2, -0.15) is 0 Å². The number of benzene rings is 3. The third kappa shape index (κ3) is 3.90. The number of nitrogens with one attached hydrogen (secondary N) is 1. The van der Waals surface area contributed by atoms with Gasteiger partial charge in [-0.1, -0.05) is 35.9 Å². The molecule has 5 nitrogen and oxygen atoms in total. The first-order valence-electron chi connectivity index (χ1n) is 10.2. The van der Waals surface area contributed by atoms with Gasteiger partial charge in [0.25, 0.3) is 5.91 Å². The minimum Gasteiger partial charge on any atom is -0.508 e. The van der Waals surface area contributed by atoms with Gasteiger partial charge < -0.3 is 20.1 Å². The standard InChI is InChI=1S/C25H21ClN2O3/c26-23-15-24-21(22(25(30)27-24)13-16-2-1-3-19(29)12-16)14-20(23)17-4-6-18(7-5-17)28-8-10-31-11-9-28/h1-7,12-15,29H,8-11H2,(H,27,30)/b22-13-. The van der Waals surface area contributed by atoms with Crippen LogP contribution in [0.3, 0.4) is 0 Å². The highest BCUT2D eigenvalue weighted by Gasteiger charge is 2.26. The Kier molecular flexibility index (Phi) is 5.14. The van der Waals surface area contributed by atoms with Crippen LogP contribution in [0.2, 0.25) is 5.02 Å². The highest BCUT2D eigenvalue weighted by molar-refractivity contribution is 6.38. The number of carbonyl (C=O) groups excluding carboxylic acids is 1. The Labute approximate surface area is 185 Å². The Hall–Kier alpha value is -3.28. The number of halogens is 1. The molecule has 1 amide bonds. The predicted octanol–water partition coefficient (Wildman–Crippen LogP) is 5.04. The van der Waals surface area contributed by atoms with Gasteiger partial charge in [0, 0.05) is 35.5 Å². The molecule has 0 aromatic heterocycles. The maximum absolute atomic E-state index is 12.6. The summed E-state index contributed by atoms with van der Waals surface area (Å²) in [6, 6.07) is 18.9. The first kappa shape index (κ1) is 19.7. The van der Waals surface area contributed by atoms with Crippen LogP contribution in [0.15, 0.2) is 60.7 Å². The van der Waals surface area contributed by atoms with Crippen molar-refractivity contribution in [3.8, 4) is 16.9 Å². The van der Waals surface area contributed by atoms with E-state index < -0.39 is 0 Å². The molecule has 2 heterocycles. The number of hydrogen-bond donors (Lipinski definition) is 2. The zero-order valence-corrected chi connectivity index (χ0v) is 17.5. The van der Waals surface area contributed by atoms with Crippen LogP contribution in [0.1, 0.15) is 11.1 Å². The molecule has 6 heteroatoms. The van der Waals surface area contributed by atoms with E-state index in [1.165, 1.54) is 0 Å². The van der Waals surface area contributed by atoms with Gasteiger partial charge in [-0.3, -0.25) is 4.79 Å². The second-order valence-electron chi connectivity index (χ2n) is 7.63. The predicted molar refractivity (Wildman–Crippen MR) is 125 cm³/mol. The molecular weight excluding hydrogens is 412 g/mol. The van der Waals surface area contributed by atoms with Gasteiger partial charge in [0.1, 0.15) is 5.75 Å². The van der Waals surface area contributed by atoms with E-state index in [4.69, 9.17) is 16.3 Å². The van der Waals surface area contributed by atoms with Crippen LogP contribution in [0.4, 0.5) is 11.4 Å². The number of amides is 1. The van der Waals surface area contributed by atoms with Crippen LogP contribution in [-0.2, 0) is 9.53 Å². The minimum atomic E-state index is -0.186. The topological polar surface area (TPSA) is 61.8 Å². The monoisotopic (exact) mass is 432 g/mol. The molecule has 3 aromatic carbocycles. The van der Waals surface area contributed by atoms with Gasteiger partial charge in [0.15, 0.2) is 0 Å². The Bertz CT molecular complexity index is 1180. The van der Waals surface area contributed by atoms with Crippen LogP contribution in [0.5, 0.6) is 5.75 Å². The molecular formula is C25H21ClN2O3. The number of nitrogens with zero attached hydrogens (tertiary/aromatic N) is 1. The number of phenols is 1. The Morgan fingerprint density at radius 1 is 1.00 bits per heavy atom. The summed E-state index contributed by atoms with van der Waals surface area (Å²) in [5.41, 5.74) is 5.80. The van der Waals surface area contributed by atoms with E-state index in [-0.39, 0.29) is 11.7 Å². The molecule has 2 aliphatic heterocycles. The maximum atomic E-state index is 12.6. The normalized spacial score (nSPS) is 17.0. The van der Waals surface area contributed by atoms with Crippen molar-refractivity contribution in [2.45, 2.75) is 0 Å². The summed E-state index contributed by atoms with van der Waals surface area (Å²) in [6.07, 6.45) is 1.78. The lowest BCUT2D eigenvalue weighted by molar-refractivity contribution is -0.110. The smallest absolute Gasteiger partial charge is 0.256 e. The minimum absolute atomic E-state index is 0.158. The number of hydrogen-bond acceptors (Lipinski definition) is 4. The third-order valence-corrected chi connectivity index (χ3v) is 5.94. The fourth-order valence-electron chi connectivity index (χ4n) is 4.03. The van der Waals surface area contributed by atoms with Crippen molar-refractivity contribution in [2.75, 3.05) is 36.5 Å². The zero-order valence-electron chi connectivity index (χ0n) is 16.8. The summed E-state index contributed by atoms with van der Waals surface area (Å²) >= 11 is 6.58. The van der Waals surface area contributed by atoms with Crippen molar-refractivity contribution in [1.29, 1.82) is 0 Å². The fraction of sp³-hybridized carbons (Fsp3) is 0.160. The van der Waals surface area contributed by atoms with Crippen molar-refractivity contribution in [3.05, 3.63) is 76.8 Å². The molecule has 0 unspecified atom stereocenters. The highest BCUT2D eigenvalue weighted by atomic mass is 35.5. The molecule has 0 atom stereocenters. The van der Waals surface area contributed by atoms with Gasteiger partial charge in [0.05, 0.1) is 23.9 Å². The van der Waals surface area contributed by atoms with Gasteiger partial charge in [-0.05, 0) is 53.6 Å². The van der Waals surface area contributed by atoms with E-state index in [0.717, 1.165) is 54.2 Å². The van der Waals surface area contributed by atoms with Crippen molar-refractivity contribution in [1.82, 2.24) is 0 Å². The zero-order chi connectivity index (χ0) is 21.4. The SMILES string of the molecule is O=C1Nc2cc(Cl)c(-c3ccc(N4CCOCC4)cc3)cc2/C1=C/c1cccc(O)c1. The average Bonchev–Trinajstić information content (AvgIpc) is 3.08. The summed E-state index contributed by atoms with van der Waals surface area (Å²) in [5.74, 6) is -0.0284. The second-order valence-corrected chi connectivity index (χ2v) is 8.04. The molecule has 2 aliphatic rings. The number of ether oxygens (including phenoxy) is 1. The van der Waals surface area contributed by atoms with Gasteiger partial charge in [-0.25, -0.2) is 0 Å². The molecule has 1 fully saturated rings. The van der Waals surface area contributed by atoms with Gasteiger partial charge in [0.2, 0.25) is 0 Å². The van der Waals surface area contributed by atoms with E-state index in [2.05, 4.69) is 34.5 Å². The number of fused-ring (bicyclic) bond motifs is 1. The first-order chi connectivity index (χ1) is 15.1. The van der Waals surface area contributed by atoms with E-state index in [0.29, 0.717) is 16.3 Å². The summed E-state index contributed by atoms with van der Waals surface area (Å²) in [4.78, 5) is 14.9. The van der Waals surface area contributed by atoms with Crippen LogP contribution in [-0.4, -0.2) is 37.3 Å². The Morgan fingerprint density at radius 3 is 2.52 bits per heavy atom. The molecule has 156 valence electrons. The molecule has 0 saturated carbocycles. The maximum Gasteiger partial charge on any atom is 0.256 e. The number of aromatic hydroxyl groups is 1. The van der Waals surface area contributed by atoms with E-state index in [1.807, 2.05) is 12.1 Å². The molecule has 3 aromatic rings. The lowest BCUT2D eigenvalue weighted by Crippen LogP contribution is -2.36. The molecule has 0 spiro atoms. The average molecular weight is 433 g/mol. The largest absolute Gasteiger partial charge is 0.508 e. The third-order valence-electron chi connectivity index (χ3n) is 5.63. The number of morpholine rings is 1. The highest BCUT2D eigenvalue weighted by Crippen LogP contribution is 2.40. The second kappa shape index (κ2) is 8.10. The lowest BCUT2D eigenvalue weighted by atomic mass is 9.98. The number of anilines is 2.